The Balaban J connectivity index is 1.91. The third kappa shape index (κ3) is 3.17. The molecule has 0 spiro atoms. The quantitative estimate of drug-likeness (QED) is 0.860. The molecule has 0 unspecified atom stereocenters. The number of nitrogens with zero attached hydrogens (tertiary/aromatic N) is 3. The molecule has 1 fully saturated rings. The Labute approximate surface area is 106 Å². The highest BCUT2D eigenvalue weighted by molar-refractivity contribution is 7.91. The Morgan fingerprint density at radius 3 is 2.67 bits per heavy atom. The SMILES string of the molecule is N#Cc1nccnc1NCC1CCS(=O)(=O)CC1. The lowest BCUT2D eigenvalue weighted by atomic mass is 10.0. The van der Waals surface area contributed by atoms with E-state index in [2.05, 4.69) is 15.3 Å². The molecule has 0 bridgehead atoms. The third-order valence-corrected chi connectivity index (χ3v) is 4.75. The van der Waals surface area contributed by atoms with E-state index in [4.69, 9.17) is 5.26 Å². The first-order valence-corrected chi connectivity index (χ1v) is 7.58. The largest absolute Gasteiger partial charge is 0.367 e. The van der Waals surface area contributed by atoms with E-state index in [0.29, 0.717) is 31.1 Å². The summed E-state index contributed by atoms with van der Waals surface area (Å²) < 4.78 is 22.6. The lowest BCUT2D eigenvalue weighted by Gasteiger charge is -2.22. The Morgan fingerprint density at radius 1 is 1.33 bits per heavy atom. The van der Waals surface area contributed by atoms with E-state index in [1.165, 1.54) is 12.4 Å². The van der Waals surface area contributed by atoms with Gasteiger partial charge < -0.3 is 5.32 Å². The van der Waals surface area contributed by atoms with Crippen LogP contribution in [0.25, 0.3) is 0 Å². The minimum atomic E-state index is -2.82. The number of hydrogen-bond acceptors (Lipinski definition) is 6. The molecule has 1 aliphatic heterocycles. The van der Waals surface area contributed by atoms with Crippen LogP contribution in [0.5, 0.6) is 0 Å². The molecule has 18 heavy (non-hydrogen) atoms. The van der Waals surface area contributed by atoms with E-state index < -0.39 is 9.84 Å². The average Bonchev–Trinajstić information content (AvgIpc) is 2.38. The molecule has 96 valence electrons. The summed E-state index contributed by atoms with van der Waals surface area (Å²) in [6.07, 6.45) is 4.32. The second-order valence-corrected chi connectivity index (χ2v) is 6.65. The molecule has 1 aliphatic rings. The van der Waals surface area contributed by atoms with Crippen molar-refractivity contribution >= 4 is 15.7 Å². The molecule has 0 aromatic carbocycles. The third-order valence-electron chi connectivity index (χ3n) is 3.04. The fraction of sp³-hybridized carbons (Fsp3) is 0.545. The maximum absolute atomic E-state index is 11.3. The van der Waals surface area contributed by atoms with Gasteiger partial charge >= 0.3 is 0 Å². The number of nitrogens with one attached hydrogen (secondary N) is 1. The smallest absolute Gasteiger partial charge is 0.182 e. The molecular weight excluding hydrogens is 252 g/mol. The maximum Gasteiger partial charge on any atom is 0.182 e. The van der Waals surface area contributed by atoms with Crippen LogP contribution in [0, 0.1) is 17.2 Å². The van der Waals surface area contributed by atoms with Crippen molar-refractivity contribution < 1.29 is 8.42 Å². The van der Waals surface area contributed by atoms with Crippen LogP contribution >= 0.6 is 0 Å². The van der Waals surface area contributed by atoms with Crippen LogP contribution in [0.4, 0.5) is 5.82 Å². The van der Waals surface area contributed by atoms with Crippen LogP contribution in [-0.2, 0) is 9.84 Å². The van der Waals surface area contributed by atoms with Crippen molar-refractivity contribution in [3.8, 4) is 6.07 Å². The van der Waals surface area contributed by atoms with Crippen LogP contribution in [0.3, 0.4) is 0 Å². The van der Waals surface area contributed by atoms with E-state index in [1.807, 2.05) is 6.07 Å². The molecule has 7 heteroatoms. The Kier molecular flexibility index (Phi) is 3.77. The molecule has 2 heterocycles. The number of rotatable bonds is 3. The lowest BCUT2D eigenvalue weighted by molar-refractivity contribution is 0.484. The van der Waals surface area contributed by atoms with Crippen molar-refractivity contribution in [1.29, 1.82) is 5.26 Å². The molecule has 0 aliphatic carbocycles. The first-order chi connectivity index (χ1) is 8.61. The van der Waals surface area contributed by atoms with Crippen molar-refractivity contribution in [3.63, 3.8) is 0 Å². The summed E-state index contributed by atoms with van der Waals surface area (Å²) in [7, 11) is -2.82. The number of hydrogen-bond donors (Lipinski definition) is 1. The van der Waals surface area contributed by atoms with Crippen LogP contribution in [0.1, 0.15) is 18.5 Å². The van der Waals surface area contributed by atoms with E-state index in [0.717, 1.165) is 0 Å². The van der Waals surface area contributed by atoms with Gasteiger partial charge in [-0.2, -0.15) is 5.26 Å². The fourth-order valence-electron chi connectivity index (χ4n) is 1.93. The summed E-state index contributed by atoms with van der Waals surface area (Å²) in [4.78, 5) is 7.95. The van der Waals surface area contributed by atoms with Crippen LogP contribution in [0.2, 0.25) is 0 Å². The number of nitriles is 1. The first-order valence-electron chi connectivity index (χ1n) is 5.76. The van der Waals surface area contributed by atoms with Gasteiger partial charge in [0.2, 0.25) is 0 Å². The van der Waals surface area contributed by atoms with Gasteiger partial charge in [-0.1, -0.05) is 0 Å². The predicted molar refractivity (Wildman–Crippen MR) is 66.6 cm³/mol. The second-order valence-electron chi connectivity index (χ2n) is 4.34. The predicted octanol–water partition coefficient (Wildman–Crippen LogP) is 0.585. The molecule has 2 rings (SSSR count). The molecule has 1 saturated heterocycles. The van der Waals surface area contributed by atoms with Crippen molar-refractivity contribution in [2.24, 2.45) is 5.92 Å². The zero-order chi connectivity index (χ0) is 13.0. The van der Waals surface area contributed by atoms with Crippen molar-refractivity contribution in [2.45, 2.75) is 12.8 Å². The van der Waals surface area contributed by atoms with Gasteiger partial charge in [0.1, 0.15) is 15.9 Å². The van der Waals surface area contributed by atoms with Gasteiger partial charge in [-0.3, -0.25) is 0 Å². The van der Waals surface area contributed by atoms with Gasteiger partial charge in [0.05, 0.1) is 11.5 Å². The summed E-state index contributed by atoms with van der Waals surface area (Å²) in [5.74, 6) is 1.28. The zero-order valence-electron chi connectivity index (χ0n) is 9.83. The second kappa shape index (κ2) is 5.31. The van der Waals surface area contributed by atoms with Gasteiger partial charge in [0, 0.05) is 18.9 Å². The average molecular weight is 266 g/mol. The van der Waals surface area contributed by atoms with Crippen LogP contribution in [0.15, 0.2) is 12.4 Å². The number of anilines is 1. The summed E-state index contributed by atoms with van der Waals surface area (Å²) in [6.45, 7) is 0.628. The van der Waals surface area contributed by atoms with Gasteiger partial charge in [0.15, 0.2) is 11.5 Å². The van der Waals surface area contributed by atoms with E-state index >= 15 is 0 Å². The summed E-state index contributed by atoms with van der Waals surface area (Å²) in [5, 5.41) is 11.9. The van der Waals surface area contributed by atoms with Gasteiger partial charge in [-0.25, -0.2) is 18.4 Å². The Hall–Kier alpha value is -1.68. The molecule has 0 atom stereocenters. The van der Waals surface area contributed by atoms with Gasteiger partial charge in [0.25, 0.3) is 0 Å². The monoisotopic (exact) mass is 266 g/mol. The summed E-state index contributed by atoms with van der Waals surface area (Å²) >= 11 is 0. The molecule has 1 aromatic rings. The molecule has 6 nitrogen and oxygen atoms in total. The fourth-order valence-corrected chi connectivity index (χ4v) is 3.52. The van der Waals surface area contributed by atoms with Crippen molar-refractivity contribution in [3.05, 3.63) is 18.1 Å². The maximum atomic E-state index is 11.3. The summed E-state index contributed by atoms with van der Waals surface area (Å²) in [6, 6.07) is 1.96. The normalized spacial score (nSPS) is 19.1. The van der Waals surface area contributed by atoms with E-state index in [-0.39, 0.29) is 17.2 Å². The van der Waals surface area contributed by atoms with Gasteiger partial charge in [-0.15, -0.1) is 0 Å². The molecule has 0 radical (unpaired) electrons. The lowest BCUT2D eigenvalue weighted by Crippen LogP contribution is -2.27. The highest BCUT2D eigenvalue weighted by Gasteiger charge is 2.23. The zero-order valence-corrected chi connectivity index (χ0v) is 10.7. The minimum Gasteiger partial charge on any atom is -0.367 e. The van der Waals surface area contributed by atoms with Crippen molar-refractivity contribution in [1.82, 2.24) is 9.97 Å². The molecule has 1 aromatic heterocycles. The topological polar surface area (TPSA) is 95.7 Å². The van der Waals surface area contributed by atoms with Crippen molar-refractivity contribution in [2.75, 3.05) is 23.4 Å². The molecule has 0 saturated carbocycles. The number of sulfone groups is 1. The van der Waals surface area contributed by atoms with Crippen LogP contribution < -0.4 is 5.32 Å². The molecule has 0 amide bonds. The minimum absolute atomic E-state index is 0.255. The van der Waals surface area contributed by atoms with Crippen LogP contribution in [-0.4, -0.2) is 36.4 Å². The van der Waals surface area contributed by atoms with Gasteiger partial charge in [-0.05, 0) is 18.8 Å². The standard InChI is InChI=1S/C11H14N4O2S/c12-7-10-11(14-4-3-13-10)15-8-9-1-5-18(16,17)6-2-9/h3-4,9H,1-2,5-6,8H2,(H,14,15). The molecular formula is C11H14N4O2S. The Bertz CT molecular complexity index is 551. The Morgan fingerprint density at radius 2 is 2.00 bits per heavy atom. The number of aromatic nitrogens is 2. The first kappa shape index (κ1) is 12.8. The van der Waals surface area contributed by atoms with E-state index in [9.17, 15) is 8.42 Å². The highest BCUT2D eigenvalue weighted by atomic mass is 32.2. The van der Waals surface area contributed by atoms with E-state index in [1.54, 1.807) is 0 Å². The highest BCUT2D eigenvalue weighted by Crippen LogP contribution is 2.19. The molecule has 1 N–H and O–H groups in total. The summed E-state index contributed by atoms with van der Waals surface area (Å²) in [5.41, 5.74) is 0.265.